The van der Waals surface area contributed by atoms with Crippen LogP contribution in [0.2, 0.25) is 0 Å². The van der Waals surface area contributed by atoms with Crippen molar-refractivity contribution in [2.75, 3.05) is 0 Å². The fourth-order valence-corrected chi connectivity index (χ4v) is 0. The molecule has 0 aliphatic carbocycles. The molecule has 0 bridgehead atoms. The van der Waals surface area contributed by atoms with Crippen molar-refractivity contribution < 1.29 is 68.2 Å². The molecule has 4 nitrogen and oxygen atoms in total. The second-order valence-corrected chi connectivity index (χ2v) is 1.50. The van der Waals surface area contributed by atoms with E-state index in [2.05, 4.69) is 0 Å². The van der Waals surface area contributed by atoms with Crippen LogP contribution in [-0.4, -0.2) is 26.4 Å². The molecule has 0 aliphatic rings. The summed E-state index contributed by atoms with van der Waals surface area (Å²) < 4.78 is 0. The molecule has 0 aromatic rings. The first-order chi connectivity index (χ1) is 2.00. The van der Waals surface area contributed by atoms with Crippen molar-refractivity contribution in [2.24, 2.45) is 0 Å². The predicted molar refractivity (Wildman–Crippen MR) is 11.5 cm³/mol. The Balaban J connectivity index is -0.0000000267. The SMILES string of the molecule is [Al+3].[Na+].[O-][Si]([O-])([O-])[O-].[Zn+2]. The minimum atomic E-state index is -5.61. The van der Waals surface area contributed by atoms with Gasteiger partial charge in [0.25, 0.3) is 0 Å². The Morgan fingerprint density at radius 2 is 0.875 bits per heavy atom. The molecule has 0 saturated carbocycles. The minimum Gasteiger partial charge on any atom is -0.894 e. The zero-order chi connectivity index (χ0) is 4.50. The number of hydrogen-bond donors (Lipinski definition) is 0. The third-order valence-corrected chi connectivity index (χ3v) is 0. The van der Waals surface area contributed by atoms with Crippen molar-refractivity contribution in [3.05, 3.63) is 0 Å². The average molecular weight is 207 g/mol. The van der Waals surface area contributed by atoms with Crippen LogP contribution in [0.25, 0.3) is 0 Å². The van der Waals surface area contributed by atoms with Crippen LogP contribution in [0.4, 0.5) is 0 Å². The molecule has 0 rings (SSSR count). The van der Waals surface area contributed by atoms with Gasteiger partial charge in [0.2, 0.25) is 0 Å². The molecule has 0 atom stereocenters. The van der Waals surface area contributed by atoms with Gasteiger partial charge >= 0.3 is 66.4 Å². The Kier molecular flexibility index (Phi) is 25.9. The molecule has 8 heteroatoms. The molecule has 0 saturated heterocycles. The molecule has 0 aliphatic heterocycles. The summed E-state index contributed by atoms with van der Waals surface area (Å²) in [5.74, 6) is 0. The molecular formula is AlNaO4SiZn+2. The quantitative estimate of drug-likeness (QED) is 0.369. The van der Waals surface area contributed by atoms with Crippen LogP contribution >= 0.6 is 0 Å². The molecule has 0 unspecified atom stereocenters. The van der Waals surface area contributed by atoms with E-state index in [-0.39, 0.29) is 66.4 Å². The first-order valence-electron chi connectivity index (χ1n) is 0.816. The Bertz CT molecular complexity index is 31.5. The van der Waals surface area contributed by atoms with Crippen LogP contribution in [0.5, 0.6) is 0 Å². The first-order valence-corrected chi connectivity index (χ1v) is 2.45. The molecule has 0 aromatic carbocycles. The van der Waals surface area contributed by atoms with E-state index in [4.69, 9.17) is 19.2 Å². The molecule has 32 valence electrons. The van der Waals surface area contributed by atoms with Gasteiger partial charge in [-0.2, -0.15) is 0 Å². The van der Waals surface area contributed by atoms with Gasteiger partial charge in [0.15, 0.2) is 0 Å². The van der Waals surface area contributed by atoms with Crippen LogP contribution in [0.15, 0.2) is 0 Å². The molecule has 0 radical (unpaired) electrons. The van der Waals surface area contributed by atoms with Gasteiger partial charge in [-0.05, 0) is 0 Å². The van der Waals surface area contributed by atoms with Crippen molar-refractivity contribution in [1.82, 2.24) is 0 Å². The maximum Gasteiger partial charge on any atom is 3.00 e. The van der Waals surface area contributed by atoms with Gasteiger partial charge in [0, 0.05) is 0 Å². The second kappa shape index (κ2) is 9.21. The summed E-state index contributed by atoms with van der Waals surface area (Å²) in [7, 11) is -5.61. The monoisotopic (exact) mass is 206 g/mol. The molecule has 0 fully saturated rings. The van der Waals surface area contributed by atoms with Crippen LogP contribution in [0, 0.1) is 0 Å². The normalized spacial score (nSPS) is 7.50. The van der Waals surface area contributed by atoms with Crippen molar-refractivity contribution in [2.45, 2.75) is 0 Å². The standard InChI is InChI=1S/Al.Na.O4Si.Zn/c;;1-5(2,3)4;/q+3;+1;-4;+2. The summed E-state index contributed by atoms with van der Waals surface area (Å²) in [4.78, 5) is 34.3. The van der Waals surface area contributed by atoms with E-state index in [0.717, 1.165) is 0 Å². The van der Waals surface area contributed by atoms with Gasteiger partial charge in [-0.3, -0.25) is 0 Å². The Labute approximate surface area is 93.6 Å². The molecule has 8 heavy (non-hydrogen) atoms. The van der Waals surface area contributed by atoms with Crippen LogP contribution in [0.1, 0.15) is 0 Å². The maximum absolute atomic E-state index is 8.58. The largest absolute Gasteiger partial charge is 3.00 e. The Morgan fingerprint density at radius 3 is 0.875 bits per heavy atom. The zero-order valence-electron chi connectivity index (χ0n) is 4.42. The fraction of sp³-hybridized carbons (Fsp3) is 0. The van der Waals surface area contributed by atoms with Crippen LogP contribution in [-0.2, 0) is 19.5 Å². The number of hydrogen-bond acceptors (Lipinski definition) is 4. The van der Waals surface area contributed by atoms with Gasteiger partial charge in [0.05, 0.1) is 0 Å². The van der Waals surface area contributed by atoms with E-state index in [1.165, 1.54) is 0 Å². The molecule has 0 amide bonds. The molecule has 0 N–H and O–H groups in total. The van der Waals surface area contributed by atoms with Gasteiger partial charge in [0.1, 0.15) is 0 Å². The van der Waals surface area contributed by atoms with E-state index >= 15 is 0 Å². The second-order valence-electron chi connectivity index (χ2n) is 0.500. The summed E-state index contributed by atoms with van der Waals surface area (Å²) in [6.07, 6.45) is 0. The van der Waals surface area contributed by atoms with Gasteiger partial charge in [-0.25, -0.2) is 0 Å². The average Bonchev–Trinajstić information content (AvgIpc) is 0.722. The van der Waals surface area contributed by atoms with E-state index in [9.17, 15) is 0 Å². The van der Waals surface area contributed by atoms with E-state index in [1.807, 2.05) is 0 Å². The molecule has 0 spiro atoms. The van der Waals surface area contributed by atoms with Crippen molar-refractivity contribution >= 4 is 26.4 Å². The van der Waals surface area contributed by atoms with Crippen LogP contribution < -0.4 is 48.7 Å². The molecule has 0 aromatic heterocycles. The topological polar surface area (TPSA) is 92.2 Å². The Hall–Kier alpha value is 2.21. The van der Waals surface area contributed by atoms with Crippen molar-refractivity contribution in [1.29, 1.82) is 0 Å². The summed E-state index contributed by atoms with van der Waals surface area (Å²) in [5.41, 5.74) is 0. The maximum atomic E-state index is 8.58. The zero-order valence-corrected chi connectivity index (χ0v) is 11.5. The van der Waals surface area contributed by atoms with Crippen molar-refractivity contribution in [3.8, 4) is 0 Å². The smallest absolute Gasteiger partial charge is 0.894 e. The summed E-state index contributed by atoms with van der Waals surface area (Å²) in [5, 5.41) is 0. The molecular weight excluding hydrogens is 207 g/mol. The Morgan fingerprint density at radius 1 is 0.875 bits per heavy atom. The van der Waals surface area contributed by atoms with Gasteiger partial charge in [-0.1, -0.05) is 0 Å². The van der Waals surface area contributed by atoms with Crippen molar-refractivity contribution in [3.63, 3.8) is 0 Å². The molecule has 0 heterocycles. The number of rotatable bonds is 0. The predicted octanol–water partition coefficient (Wildman–Crippen LogP) is -8.52. The minimum absolute atomic E-state index is 0. The van der Waals surface area contributed by atoms with E-state index in [1.54, 1.807) is 0 Å². The summed E-state index contributed by atoms with van der Waals surface area (Å²) >= 11 is 0. The third-order valence-electron chi connectivity index (χ3n) is 0. The first kappa shape index (κ1) is 22.5. The van der Waals surface area contributed by atoms with Gasteiger partial charge in [-0.15, -0.1) is 0 Å². The van der Waals surface area contributed by atoms with Gasteiger partial charge < -0.3 is 28.2 Å². The van der Waals surface area contributed by atoms with E-state index < -0.39 is 9.05 Å². The van der Waals surface area contributed by atoms with E-state index in [0.29, 0.717) is 0 Å². The third kappa shape index (κ3) is 87.3. The summed E-state index contributed by atoms with van der Waals surface area (Å²) in [6, 6.07) is 0. The van der Waals surface area contributed by atoms with Crippen LogP contribution in [0.3, 0.4) is 0 Å². The fourth-order valence-electron chi connectivity index (χ4n) is 0. The summed E-state index contributed by atoms with van der Waals surface area (Å²) in [6.45, 7) is 0.